The van der Waals surface area contributed by atoms with Crippen LogP contribution < -0.4 is 14.8 Å². The average Bonchev–Trinajstić information content (AvgIpc) is 3.41. The van der Waals surface area contributed by atoms with Gasteiger partial charge in [-0.15, -0.1) is 11.3 Å². The Bertz CT molecular complexity index is 1150. The van der Waals surface area contributed by atoms with E-state index in [1.54, 1.807) is 20.3 Å². The van der Waals surface area contributed by atoms with Gasteiger partial charge in [-0.05, 0) is 61.9 Å². The molecule has 2 aromatic heterocycles. The van der Waals surface area contributed by atoms with Gasteiger partial charge in [0.25, 0.3) is 0 Å². The molecule has 0 unspecified atom stereocenters. The number of carbonyl (C=O) groups is 1. The molecule has 2 aliphatic rings. The van der Waals surface area contributed by atoms with Crippen LogP contribution in [-0.2, 0) is 19.4 Å². The lowest BCUT2D eigenvalue weighted by Gasteiger charge is -2.30. The maximum absolute atomic E-state index is 13.6. The lowest BCUT2D eigenvalue weighted by atomic mass is 9.95. The summed E-state index contributed by atoms with van der Waals surface area (Å²) < 4.78 is 13.1. The molecule has 1 aliphatic heterocycles. The number of amides is 2. The van der Waals surface area contributed by atoms with Gasteiger partial charge >= 0.3 is 6.03 Å². The number of thiophene rings is 1. The standard InChI is InChI=1S/C25H29N3O3S/c1-4-19-20-9-7-13-27(20)24-18(17-8-5-6-10-23(17)32-24)15-28(19)25(29)26-16-11-12-21(30-2)22(14-16)31-3/h7,9,11-14,19H,4-6,8,10,15H2,1-3H3,(H,26,29)/t19-/m1/s1. The topological polar surface area (TPSA) is 55.7 Å². The Morgan fingerprint density at radius 1 is 1.12 bits per heavy atom. The molecular formula is C25H29N3O3S. The van der Waals surface area contributed by atoms with Gasteiger partial charge in [-0.1, -0.05) is 6.92 Å². The van der Waals surface area contributed by atoms with Crippen molar-refractivity contribution >= 4 is 23.1 Å². The van der Waals surface area contributed by atoms with Crippen LogP contribution in [-0.4, -0.2) is 29.7 Å². The second kappa shape index (κ2) is 8.54. The fourth-order valence-electron chi connectivity index (χ4n) is 5.02. The summed E-state index contributed by atoms with van der Waals surface area (Å²) in [5.74, 6) is 1.23. The molecule has 0 bridgehead atoms. The first-order valence-electron chi connectivity index (χ1n) is 11.2. The van der Waals surface area contributed by atoms with Crippen LogP contribution in [0.1, 0.15) is 53.9 Å². The van der Waals surface area contributed by atoms with Gasteiger partial charge in [0.05, 0.1) is 26.8 Å². The highest BCUT2D eigenvalue weighted by Gasteiger charge is 2.34. The summed E-state index contributed by atoms with van der Waals surface area (Å²) in [6.07, 6.45) is 7.74. The maximum atomic E-state index is 13.6. The third kappa shape index (κ3) is 3.45. The predicted octanol–water partition coefficient (Wildman–Crippen LogP) is 5.93. The molecule has 0 spiro atoms. The summed E-state index contributed by atoms with van der Waals surface area (Å²) in [7, 11) is 3.20. The van der Waals surface area contributed by atoms with Crippen LogP contribution in [0.2, 0.25) is 0 Å². The fourth-order valence-corrected chi connectivity index (χ4v) is 6.42. The number of aryl methyl sites for hydroxylation is 1. The molecule has 2 amide bonds. The maximum Gasteiger partial charge on any atom is 0.322 e. The molecule has 7 heteroatoms. The average molecular weight is 452 g/mol. The van der Waals surface area contributed by atoms with Crippen molar-refractivity contribution in [1.82, 2.24) is 9.47 Å². The molecule has 1 aromatic carbocycles. The predicted molar refractivity (Wildman–Crippen MR) is 127 cm³/mol. The lowest BCUT2D eigenvalue weighted by Crippen LogP contribution is -2.37. The minimum absolute atomic E-state index is 0.00369. The number of nitrogens with one attached hydrogen (secondary N) is 1. The molecule has 3 aromatic rings. The summed E-state index contributed by atoms with van der Waals surface area (Å²) in [6, 6.07) is 9.61. The fraction of sp³-hybridized carbons (Fsp3) is 0.400. The molecule has 32 heavy (non-hydrogen) atoms. The molecular weight excluding hydrogens is 422 g/mol. The summed E-state index contributed by atoms with van der Waals surface area (Å²) >= 11 is 1.91. The van der Waals surface area contributed by atoms with Crippen molar-refractivity contribution in [2.24, 2.45) is 0 Å². The van der Waals surface area contributed by atoms with E-state index in [1.165, 1.54) is 39.5 Å². The number of nitrogens with zero attached hydrogens (tertiary/aromatic N) is 2. The number of hydrogen-bond donors (Lipinski definition) is 1. The Morgan fingerprint density at radius 2 is 1.94 bits per heavy atom. The number of hydrogen-bond acceptors (Lipinski definition) is 4. The minimum atomic E-state index is -0.0968. The molecule has 5 rings (SSSR count). The van der Waals surface area contributed by atoms with Gasteiger partial charge in [0, 0.05) is 34.1 Å². The van der Waals surface area contributed by atoms with E-state index in [-0.39, 0.29) is 12.1 Å². The molecule has 0 saturated carbocycles. The zero-order valence-electron chi connectivity index (χ0n) is 18.8. The third-order valence-corrected chi connectivity index (χ3v) is 7.92. The summed E-state index contributed by atoms with van der Waals surface area (Å²) in [6.45, 7) is 2.77. The van der Waals surface area contributed by atoms with Crippen LogP contribution in [0.25, 0.3) is 5.00 Å². The highest BCUT2D eigenvalue weighted by molar-refractivity contribution is 7.15. The molecule has 1 aliphatic carbocycles. The van der Waals surface area contributed by atoms with E-state index in [0.717, 1.165) is 19.3 Å². The second-order valence-corrected chi connectivity index (χ2v) is 9.43. The van der Waals surface area contributed by atoms with Gasteiger partial charge < -0.3 is 24.3 Å². The molecule has 6 nitrogen and oxygen atoms in total. The van der Waals surface area contributed by atoms with Crippen LogP contribution in [0.15, 0.2) is 36.5 Å². The first kappa shape index (κ1) is 20.9. The summed E-state index contributed by atoms with van der Waals surface area (Å²) in [5, 5.41) is 4.39. The highest BCUT2D eigenvalue weighted by atomic mass is 32.1. The number of carbonyl (C=O) groups excluding carboxylic acids is 1. The summed E-state index contributed by atoms with van der Waals surface area (Å²) in [5.41, 5.74) is 4.65. The SMILES string of the molecule is CC[C@@H]1c2cccn2-c2sc3c(c2CN1C(=O)Nc1ccc(OC)c(OC)c1)CCCC3. The third-order valence-electron chi connectivity index (χ3n) is 6.59. The van der Waals surface area contributed by atoms with Gasteiger partial charge in [-0.25, -0.2) is 4.79 Å². The van der Waals surface area contributed by atoms with Crippen LogP contribution in [0, 0.1) is 0 Å². The van der Waals surface area contributed by atoms with Gasteiger partial charge in [0.2, 0.25) is 0 Å². The monoisotopic (exact) mass is 451 g/mol. The van der Waals surface area contributed by atoms with Crippen molar-refractivity contribution in [3.63, 3.8) is 0 Å². The van der Waals surface area contributed by atoms with Crippen molar-refractivity contribution in [2.75, 3.05) is 19.5 Å². The van der Waals surface area contributed by atoms with Gasteiger partial charge in [-0.3, -0.25) is 0 Å². The smallest absolute Gasteiger partial charge is 0.322 e. The Balaban J connectivity index is 1.52. The van der Waals surface area contributed by atoms with E-state index in [9.17, 15) is 4.79 Å². The van der Waals surface area contributed by atoms with Gasteiger partial charge in [0.1, 0.15) is 5.00 Å². The van der Waals surface area contributed by atoms with Crippen molar-refractivity contribution < 1.29 is 14.3 Å². The van der Waals surface area contributed by atoms with Crippen LogP contribution in [0.3, 0.4) is 0 Å². The number of benzene rings is 1. The lowest BCUT2D eigenvalue weighted by molar-refractivity contribution is 0.181. The normalized spacial score (nSPS) is 17.1. The highest BCUT2D eigenvalue weighted by Crippen LogP contribution is 2.43. The van der Waals surface area contributed by atoms with Crippen molar-refractivity contribution in [1.29, 1.82) is 0 Å². The van der Waals surface area contributed by atoms with Gasteiger partial charge in [-0.2, -0.15) is 0 Å². The van der Waals surface area contributed by atoms with Crippen molar-refractivity contribution in [3.8, 4) is 16.5 Å². The largest absolute Gasteiger partial charge is 0.493 e. The van der Waals surface area contributed by atoms with Crippen LogP contribution >= 0.6 is 11.3 Å². The molecule has 0 fully saturated rings. The Kier molecular flexibility index (Phi) is 5.59. The van der Waals surface area contributed by atoms with Crippen LogP contribution in [0.5, 0.6) is 11.5 Å². The Hall–Kier alpha value is -2.93. The molecule has 1 atom stereocenters. The number of ether oxygens (including phenoxy) is 2. The molecule has 3 heterocycles. The van der Waals surface area contributed by atoms with Crippen molar-refractivity contribution in [2.45, 2.75) is 51.6 Å². The van der Waals surface area contributed by atoms with E-state index in [0.29, 0.717) is 23.7 Å². The van der Waals surface area contributed by atoms with Crippen LogP contribution in [0.4, 0.5) is 10.5 Å². The number of rotatable bonds is 4. The van der Waals surface area contributed by atoms with Gasteiger partial charge in [0.15, 0.2) is 11.5 Å². The van der Waals surface area contributed by atoms with E-state index in [4.69, 9.17) is 9.47 Å². The number of anilines is 1. The Morgan fingerprint density at radius 3 is 2.72 bits per heavy atom. The first-order valence-corrected chi connectivity index (χ1v) is 12.1. The molecule has 1 N–H and O–H groups in total. The number of urea groups is 1. The minimum Gasteiger partial charge on any atom is -0.493 e. The molecule has 168 valence electrons. The molecule has 0 radical (unpaired) electrons. The quantitative estimate of drug-likeness (QED) is 0.535. The second-order valence-electron chi connectivity index (χ2n) is 8.35. The number of methoxy groups -OCH3 is 2. The zero-order chi connectivity index (χ0) is 22.2. The van der Waals surface area contributed by atoms with E-state index in [2.05, 4.69) is 35.1 Å². The number of aromatic nitrogens is 1. The Labute approximate surface area is 192 Å². The first-order chi connectivity index (χ1) is 15.6. The molecule has 0 saturated heterocycles. The zero-order valence-corrected chi connectivity index (χ0v) is 19.6. The van der Waals surface area contributed by atoms with E-state index >= 15 is 0 Å². The van der Waals surface area contributed by atoms with E-state index < -0.39 is 0 Å². The number of fused-ring (bicyclic) bond motifs is 5. The van der Waals surface area contributed by atoms with E-state index in [1.807, 2.05) is 28.4 Å². The van der Waals surface area contributed by atoms with Crippen molar-refractivity contribution in [3.05, 3.63) is 58.2 Å². The summed E-state index contributed by atoms with van der Waals surface area (Å²) in [4.78, 5) is 17.1.